The summed E-state index contributed by atoms with van der Waals surface area (Å²) in [5.41, 5.74) is 1.32. The SMILES string of the molecule is CNC(CCN(C)C(C)COC)c1ccccc1Br. The van der Waals surface area contributed by atoms with Crippen molar-refractivity contribution >= 4 is 15.9 Å². The maximum Gasteiger partial charge on any atom is 0.0615 e. The van der Waals surface area contributed by atoms with Gasteiger partial charge in [-0.3, -0.25) is 0 Å². The number of ether oxygens (including phenoxy) is 1. The molecule has 0 saturated heterocycles. The Labute approximate surface area is 125 Å². The predicted molar refractivity (Wildman–Crippen MR) is 84.5 cm³/mol. The molecule has 3 nitrogen and oxygen atoms in total. The van der Waals surface area contributed by atoms with E-state index >= 15 is 0 Å². The van der Waals surface area contributed by atoms with Gasteiger partial charge in [0, 0.05) is 30.2 Å². The van der Waals surface area contributed by atoms with E-state index in [-0.39, 0.29) is 0 Å². The highest BCUT2D eigenvalue weighted by molar-refractivity contribution is 9.10. The Morgan fingerprint density at radius 2 is 2.05 bits per heavy atom. The van der Waals surface area contributed by atoms with E-state index in [1.165, 1.54) is 10.0 Å². The minimum atomic E-state index is 0.368. The largest absolute Gasteiger partial charge is 0.383 e. The van der Waals surface area contributed by atoms with Crippen LogP contribution in [0.15, 0.2) is 28.7 Å². The van der Waals surface area contributed by atoms with Crippen LogP contribution < -0.4 is 5.32 Å². The van der Waals surface area contributed by atoms with Gasteiger partial charge in [-0.1, -0.05) is 34.1 Å². The Balaban J connectivity index is 2.56. The molecule has 1 aromatic carbocycles. The van der Waals surface area contributed by atoms with Crippen LogP contribution in [-0.2, 0) is 4.74 Å². The van der Waals surface area contributed by atoms with E-state index in [9.17, 15) is 0 Å². The summed E-state index contributed by atoms with van der Waals surface area (Å²) >= 11 is 3.62. The average Bonchev–Trinajstić information content (AvgIpc) is 2.41. The van der Waals surface area contributed by atoms with E-state index in [1.54, 1.807) is 7.11 Å². The molecule has 2 unspecified atom stereocenters. The molecule has 0 heterocycles. The van der Waals surface area contributed by atoms with Gasteiger partial charge in [-0.25, -0.2) is 0 Å². The van der Waals surface area contributed by atoms with Crippen LogP contribution in [0.2, 0.25) is 0 Å². The normalized spacial score (nSPS) is 14.6. The van der Waals surface area contributed by atoms with E-state index < -0.39 is 0 Å². The van der Waals surface area contributed by atoms with E-state index in [2.05, 4.69) is 58.3 Å². The maximum absolute atomic E-state index is 5.20. The fraction of sp³-hybridized carbons (Fsp3) is 0.600. The van der Waals surface area contributed by atoms with Gasteiger partial charge < -0.3 is 15.0 Å². The lowest BCUT2D eigenvalue weighted by Crippen LogP contribution is -2.35. The zero-order chi connectivity index (χ0) is 14.3. The predicted octanol–water partition coefficient (Wildman–Crippen LogP) is 3.07. The van der Waals surface area contributed by atoms with Gasteiger partial charge in [-0.2, -0.15) is 0 Å². The van der Waals surface area contributed by atoms with Gasteiger partial charge in [0.25, 0.3) is 0 Å². The van der Waals surface area contributed by atoms with Gasteiger partial charge in [-0.05, 0) is 39.1 Å². The van der Waals surface area contributed by atoms with Crippen molar-refractivity contribution in [2.45, 2.75) is 25.4 Å². The van der Waals surface area contributed by atoms with Crippen LogP contribution in [-0.4, -0.2) is 45.3 Å². The number of rotatable bonds is 8. The molecule has 0 saturated carbocycles. The lowest BCUT2D eigenvalue weighted by atomic mass is 10.0. The number of methoxy groups -OCH3 is 1. The number of nitrogens with one attached hydrogen (secondary N) is 1. The van der Waals surface area contributed by atoms with Crippen molar-refractivity contribution in [1.29, 1.82) is 0 Å². The van der Waals surface area contributed by atoms with Gasteiger partial charge in [0.1, 0.15) is 0 Å². The van der Waals surface area contributed by atoms with Crippen LogP contribution in [0.1, 0.15) is 24.9 Å². The highest BCUT2D eigenvalue weighted by atomic mass is 79.9. The van der Waals surface area contributed by atoms with Crippen molar-refractivity contribution in [2.75, 3.05) is 34.4 Å². The third-order valence-electron chi connectivity index (χ3n) is 3.56. The second kappa shape index (κ2) is 8.69. The van der Waals surface area contributed by atoms with E-state index in [4.69, 9.17) is 4.74 Å². The molecule has 0 aliphatic carbocycles. The van der Waals surface area contributed by atoms with Crippen molar-refractivity contribution in [2.24, 2.45) is 0 Å². The number of nitrogens with zero attached hydrogens (tertiary/aromatic N) is 1. The highest BCUT2D eigenvalue weighted by Gasteiger charge is 2.15. The molecule has 0 aliphatic rings. The van der Waals surface area contributed by atoms with Crippen LogP contribution in [0.5, 0.6) is 0 Å². The number of likely N-dealkylation sites (N-methyl/N-ethyl adjacent to an activating group) is 1. The van der Waals surface area contributed by atoms with Crippen molar-refractivity contribution in [3.63, 3.8) is 0 Å². The molecule has 108 valence electrons. The van der Waals surface area contributed by atoms with Crippen molar-refractivity contribution < 1.29 is 4.74 Å². The lowest BCUT2D eigenvalue weighted by Gasteiger charge is -2.26. The molecule has 0 fully saturated rings. The molecule has 0 aliphatic heterocycles. The number of hydrogen-bond donors (Lipinski definition) is 1. The minimum Gasteiger partial charge on any atom is -0.383 e. The zero-order valence-electron chi connectivity index (χ0n) is 12.3. The van der Waals surface area contributed by atoms with E-state index in [0.717, 1.165) is 19.6 Å². The number of hydrogen-bond acceptors (Lipinski definition) is 3. The van der Waals surface area contributed by atoms with Gasteiger partial charge >= 0.3 is 0 Å². The minimum absolute atomic E-state index is 0.368. The van der Waals surface area contributed by atoms with Crippen LogP contribution in [0.25, 0.3) is 0 Å². The molecule has 1 aromatic rings. The van der Waals surface area contributed by atoms with Gasteiger partial charge in [0.05, 0.1) is 6.61 Å². The monoisotopic (exact) mass is 328 g/mol. The fourth-order valence-electron chi connectivity index (χ4n) is 2.13. The van der Waals surface area contributed by atoms with Crippen LogP contribution >= 0.6 is 15.9 Å². The molecule has 0 radical (unpaired) electrons. The zero-order valence-corrected chi connectivity index (χ0v) is 13.9. The summed E-state index contributed by atoms with van der Waals surface area (Å²) in [7, 11) is 5.92. The molecule has 4 heteroatoms. The molecule has 1 N–H and O–H groups in total. The summed E-state index contributed by atoms with van der Waals surface area (Å²) in [6.07, 6.45) is 1.07. The van der Waals surface area contributed by atoms with Gasteiger partial charge in [0.2, 0.25) is 0 Å². The Kier molecular flexibility index (Phi) is 7.61. The summed E-state index contributed by atoms with van der Waals surface area (Å²) in [6, 6.07) is 9.21. The standard InChI is InChI=1S/C15H25BrN2O/c1-12(11-19-4)18(3)10-9-15(17-2)13-7-5-6-8-14(13)16/h5-8,12,15,17H,9-11H2,1-4H3. The first kappa shape index (κ1) is 16.6. The molecule has 19 heavy (non-hydrogen) atoms. The molecule has 0 amide bonds. The molecule has 0 aromatic heterocycles. The molecule has 0 spiro atoms. The quantitative estimate of drug-likeness (QED) is 0.793. The highest BCUT2D eigenvalue weighted by Crippen LogP contribution is 2.25. The second-order valence-corrected chi connectivity index (χ2v) is 5.79. The number of benzene rings is 1. The molecule has 2 atom stereocenters. The van der Waals surface area contributed by atoms with Crippen molar-refractivity contribution in [3.8, 4) is 0 Å². The molecular formula is C15H25BrN2O. The number of halogens is 1. The summed E-state index contributed by atoms with van der Waals surface area (Å²) in [6.45, 7) is 4.00. The Hall–Kier alpha value is -0.420. The van der Waals surface area contributed by atoms with Crippen molar-refractivity contribution in [1.82, 2.24) is 10.2 Å². The average molecular weight is 329 g/mol. The third-order valence-corrected chi connectivity index (χ3v) is 4.28. The van der Waals surface area contributed by atoms with Crippen molar-refractivity contribution in [3.05, 3.63) is 34.3 Å². The summed E-state index contributed by atoms with van der Waals surface area (Å²) in [5, 5.41) is 3.40. The summed E-state index contributed by atoms with van der Waals surface area (Å²) < 4.78 is 6.37. The maximum atomic E-state index is 5.20. The Bertz CT molecular complexity index is 373. The van der Waals surface area contributed by atoms with E-state index in [1.807, 2.05) is 13.1 Å². The molecular weight excluding hydrogens is 304 g/mol. The Morgan fingerprint density at radius 3 is 2.63 bits per heavy atom. The summed E-state index contributed by atoms with van der Waals surface area (Å²) in [4.78, 5) is 2.34. The molecule has 0 bridgehead atoms. The second-order valence-electron chi connectivity index (χ2n) is 4.94. The van der Waals surface area contributed by atoms with Gasteiger partial charge in [-0.15, -0.1) is 0 Å². The smallest absolute Gasteiger partial charge is 0.0615 e. The lowest BCUT2D eigenvalue weighted by molar-refractivity contribution is 0.113. The van der Waals surface area contributed by atoms with E-state index in [0.29, 0.717) is 12.1 Å². The first-order valence-corrected chi connectivity index (χ1v) is 7.50. The Morgan fingerprint density at radius 1 is 1.37 bits per heavy atom. The fourth-order valence-corrected chi connectivity index (χ4v) is 2.70. The van der Waals surface area contributed by atoms with Crippen LogP contribution in [0, 0.1) is 0 Å². The topological polar surface area (TPSA) is 24.5 Å². The van der Waals surface area contributed by atoms with Crippen LogP contribution in [0.3, 0.4) is 0 Å². The molecule has 1 rings (SSSR count). The first-order valence-electron chi connectivity index (χ1n) is 6.71. The third kappa shape index (κ3) is 5.22. The van der Waals surface area contributed by atoms with Crippen LogP contribution in [0.4, 0.5) is 0 Å². The van der Waals surface area contributed by atoms with Gasteiger partial charge in [0.15, 0.2) is 0 Å². The first-order chi connectivity index (χ1) is 9.10. The summed E-state index contributed by atoms with van der Waals surface area (Å²) in [5.74, 6) is 0.